The summed E-state index contributed by atoms with van der Waals surface area (Å²) in [6.07, 6.45) is 3.13. The summed E-state index contributed by atoms with van der Waals surface area (Å²) in [5, 5.41) is 0. The Kier molecular flexibility index (Phi) is 7.00. The Morgan fingerprint density at radius 3 is 2.64 bits per heavy atom. The maximum Gasteiger partial charge on any atom is 0.303 e. The highest BCUT2D eigenvalue weighted by Gasteiger charge is 2.20. The van der Waals surface area contributed by atoms with Crippen LogP contribution in [0.3, 0.4) is 0 Å². The van der Waals surface area contributed by atoms with Crippen LogP contribution in [0.15, 0.2) is 24.3 Å². The summed E-state index contributed by atoms with van der Waals surface area (Å²) in [5.74, 6) is 1.42. The van der Waals surface area contributed by atoms with Crippen molar-refractivity contribution in [2.75, 3.05) is 25.7 Å². The first kappa shape index (κ1) is 17.1. The van der Waals surface area contributed by atoms with E-state index in [0.717, 1.165) is 31.3 Å². The van der Waals surface area contributed by atoms with Crippen LogP contribution in [-0.4, -0.2) is 37.8 Å². The third-order valence-corrected chi connectivity index (χ3v) is 3.79. The number of esters is 1. The van der Waals surface area contributed by atoms with E-state index in [9.17, 15) is 4.79 Å². The lowest BCUT2D eigenvalue weighted by Crippen LogP contribution is -2.25. The minimum atomic E-state index is -0.422. The fraction of sp³-hybridized carbons (Fsp3) is 0.588. The van der Waals surface area contributed by atoms with Crippen LogP contribution in [0.1, 0.15) is 25.3 Å². The van der Waals surface area contributed by atoms with Gasteiger partial charge in [-0.1, -0.05) is 12.1 Å². The molecule has 1 aromatic rings. The zero-order valence-electron chi connectivity index (χ0n) is 12.9. The number of rotatable bonds is 10. The number of benzene rings is 1. The molecule has 5 heteroatoms. The molecular weight excluding hydrogens is 304 g/mol. The largest absolute Gasteiger partial charge is 0.490 e. The van der Waals surface area contributed by atoms with Gasteiger partial charge in [-0.2, -0.15) is 0 Å². The molecule has 0 spiro atoms. The summed E-state index contributed by atoms with van der Waals surface area (Å²) in [4.78, 5) is 10.9. The van der Waals surface area contributed by atoms with Gasteiger partial charge in [-0.15, -0.1) is 11.6 Å². The smallest absolute Gasteiger partial charge is 0.303 e. The number of carbonyl (C=O) groups is 1. The van der Waals surface area contributed by atoms with E-state index < -0.39 is 6.10 Å². The Labute approximate surface area is 136 Å². The van der Waals surface area contributed by atoms with Crippen LogP contribution < -0.4 is 4.74 Å². The number of ether oxygens (including phenoxy) is 3. The zero-order valence-corrected chi connectivity index (χ0v) is 13.7. The quantitative estimate of drug-likeness (QED) is 0.376. The van der Waals surface area contributed by atoms with Gasteiger partial charge in [0.05, 0.1) is 12.5 Å². The van der Waals surface area contributed by atoms with E-state index in [0.29, 0.717) is 0 Å². The van der Waals surface area contributed by atoms with Gasteiger partial charge in [0.1, 0.15) is 18.5 Å². The number of hydrogen-bond donors (Lipinski definition) is 0. The van der Waals surface area contributed by atoms with Crippen molar-refractivity contribution in [2.45, 2.75) is 32.3 Å². The van der Waals surface area contributed by atoms with Crippen molar-refractivity contribution in [1.82, 2.24) is 0 Å². The molecule has 122 valence electrons. The van der Waals surface area contributed by atoms with Crippen molar-refractivity contribution in [3.05, 3.63) is 29.8 Å². The van der Waals surface area contributed by atoms with E-state index in [4.69, 9.17) is 25.8 Å². The zero-order chi connectivity index (χ0) is 15.8. The Morgan fingerprint density at radius 2 is 2.05 bits per heavy atom. The topological polar surface area (TPSA) is 44.8 Å². The second-order valence-electron chi connectivity index (χ2n) is 5.61. The Balaban J connectivity index is 1.67. The van der Waals surface area contributed by atoms with Crippen molar-refractivity contribution in [2.24, 2.45) is 5.92 Å². The standard InChI is InChI=1S/C17H23ClO4/c1-13(19)22-17(10-18)12-21-16-6-4-14(5-7-16)8-9-20-11-15-2-3-15/h4-7,15,17H,2-3,8-12H2,1H3/t17-/m1/s1. The molecule has 0 heterocycles. The van der Waals surface area contributed by atoms with E-state index in [1.54, 1.807) is 0 Å². The van der Waals surface area contributed by atoms with Crippen molar-refractivity contribution < 1.29 is 19.0 Å². The molecule has 0 radical (unpaired) electrons. The van der Waals surface area contributed by atoms with Crippen molar-refractivity contribution in [3.63, 3.8) is 0 Å². The molecule has 1 fully saturated rings. The second kappa shape index (κ2) is 9.01. The lowest BCUT2D eigenvalue weighted by atomic mass is 10.1. The first-order valence-electron chi connectivity index (χ1n) is 7.70. The van der Waals surface area contributed by atoms with E-state index in [1.165, 1.54) is 25.3 Å². The van der Waals surface area contributed by atoms with Crippen molar-refractivity contribution in [1.29, 1.82) is 0 Å². The molecule has 1 aromatic carbocycles. The number of halogens is 1. The number of alkyl halides is 1. The molecule has 0 N–H and O–H groups in total. The lowest BCUT2D eigenvalue weighted by Gasteiger charge is -2.15. The molecule has 4 nitrogen and oxygen atoms in total. The highest BCUT2D eigenvalue weighted by Crippen LogP contribution is 2.28. The van der Waals surface area contributed by atoms with Crippen LogP contribution in [0, 0.1) is 5.92 Å². The van der Waals surface area contributed by atoms with Crippen LogP contribution >= 0.6 is 11.6 Å². The van der Waals surface area contributed by atoms with Gasteiger partial charge in [-0.05, 0) is 42.9 Å². The lowest BCUT2D eigenvalue weighted by molar-refractivity contribution is -0.146. The molecule has 0 unspecified atom stereocenters. The van der Waals surface area contributed by atoms with Crippen LogP contribution in [0.5, 0.6) is 5.75 Å². The Morgan fingerprint density at radius 1 is 1.32 bits per heavy atom. The molecular formula is C17H23ClO4. The third-order valence-electron chi connectivity index (χ3n) is 3.45. The molecule has 1 saturated carbocycles. The van der Waals surface area contributed by atoms with Gasteiger partial charge >= 0.3 is 5.97 Å². The van der Waals surface area contributed by atoms with E-state index in [-0.39, 0.29) is 18.5 Å². The van der Waals surface area contributed by atoms with Gasteiger partial charge in [0, 0.05) is 13.5 Å². The van der Waals surface area contributed by atoms with Gasteiger partial charge < -0.3 is 14.2 Å². The summed E-state index contributed by atoms with van der Waals surface area (Å²) in [5.41, 5.74) is 1.22. The van der Waals surface area contributed by atoms with Gasteiger partial charge in [-0.3, -0.25) is 4.79 Å². The van der Waals surface area contributed by atoms with Crippen molar-refractivity contribution >= 4 is 17.6 Å². The second-order valence-corrected chi connectivity index (χ2v) is 5.92. The SMILES string of the molecule is CC(=O)O[C@H](CCl)COc1ccc(CCOCC2CC2)cc1. The molecule has 1 aliphatic rings. The summed E-state index contributed by atoms with van der Waals surface area (Å²) in [6, 6.07) is 7.87. The number of hydrogen-bond acceptors (Lipinski definition) is 4. The molecule has 1 aliphatic carbocycles. The monoisotopic (exact) mass is 326 g/mol. The summed E-state index contributed by atoms with van der Waals surface area (Å²) in [7, 11) is 0. The first-order chi connectivity index (χ1) is 10.7. The van der Waals surface area contributed by atoms with Crippen LogP contribution in [-0.2, 0) is 20.7 Å². The normalized spacial score (nSPS) is 15.4. The van der Waals surface area contributed by atoms with E-state index in [1.807, 2.05) is 24.3 Å². The third kappa shape index (κ3) is 6.67. The average Bonchev–Trinajstić information content (AvgIpc) is 3.33. The average molecular weight is 327 g/mol. The minimum absolute atomic E-state index is 0.218. The summed E-state index contributed by atoms with van der Waals surface area (Å²) >= 11 is 5.73. The fourth-order valence-corrected chi connectivity index (χ4v) is 2.16. The predicted octanol–water partition coefficient (Wildman–Crippen LogP) is 3.21. The minimum Gasteiger partial charge on any atom is -0.490 e. The molecule has 22 heavy (non-hydrogen) atoms. The van der Waals surface area contributed by atoms with Gasteiger partial charge in [0.15, 0.2) is 0 Å². The first-order valence-corrected chi connectivity index (χ1v) is 8.23. The van der Waals surface area contributed by atoms with Crippen LogP contribution in [0.25, 0.3) is 0 Å². The molecule has 0 aromatic heterocycles. The van der Waals surface area contributed by atoms with Crippen molar-refractivity contribution in [3.8, 4) is 5.75 Å². The molecule has 0 bridgehead atoms. The maximum absolute atomic E-state index is 10.9. The molecule has 1 atom stereocenters. The van der Waals surface area contributed by atoms with Gasteiger partial charge in [0.25, 0.3) is 0 Å². The van der Waals surface area contributed by atoms with E-state index in [2.05, 4.69) is 0 Å². The summed E-state index contributed by atoms with van der Waals surface area (Å²) in [6.45, 7) is 3.28. The van der Waals surface area contributed by atoms with Crippen LogP contribution in [0.2, 0.25) is 0 Å². The van der Waals surface area contributed by atoms with Gasteiger partial charge in [0.2, 0.25) is 0 Å². The molecule has 0 amide bonds. The van der Waals surface area contributed by atoms with E-state index >= 15 is 0 Å². The highest BCUT2D eigenvalue weighted by molar-refractivity contribution is 6.18. The van der Waals surface area contributed by atoms with Crippen LogP contribution in [0.4, 0.5) is 0 Å². The molecule has 0 aliphatic heterocycles. The summed E-state index contributed by atoms with van der Waals surface area (Å²) < 4.78 is 16.2. The Bertz CT molecular complexity index is 456. The fourth-order valence-electron chi connectivity index (χ4n) is 2.01. The highest BCUT2D eigenvalue weighted by atomic mass is 35.5. The maximum atomic E-state index is 10.9. The predicted molar refractivity (Wildman–Crippen MR) is 85.5 cm³/mol. The Hall–Kier alpha value is -1.26. The molecule has 0 saturated heterocycles. The molecule has 2 rings (SSSR count). The van der Waals surface area contributed by atoms with Gasteiger partial charge in [-0.25, -0.2) is 0 Å². The number of carbonyl (C=O) groups excluding carboxylic acids is 1.